The maximum atomic E-state index is 5.73. The van der Waals surface area contributed by atoms with Crippen LogP contribution in [0.25, 0.3) is 106 Å². The van der Waals surface area contributed by atoms with Gasteiger partial charge in [0.15, 0.2) is 0 Å². The normalized spacial score (nSPS) is 11.3. The number of hydrogen-bond acceptors (Lipinski definition) is 1. The molecule has 11 rings (SSSR count). The zero-order valence-electron chi connectivity index (χ0n) is 33.5. The maximum Gasteiger partial charge on any atom is 0.101 e. The average Bonchev–Trinajstić information content (AvgIpc) is 3.76. The van der Waals surface area contributed by atoms with Crippen LogP contribution in [0.2, 0.25) is 0 Å². The second-order valence-corrected chi connectivity index (χ2v) is 15.6. The topological polar surface area (TPSA) is 17.3 Å². The molecule has 0 unspecified atom stereocenters. The second kappa shape index (κ2) is 15.6. The highest BCUT2D eigenvalue weighted by Crippen LogP contribution is 2.46. The first kappa shape index (κ1) is 36.0. The molecule has 0 radical (unpaired) electrons. The van der Waals surface area contributed by atoms with Gasteiger partial charge in [-0.2, -0.15) is 5.10 Å². The number of fused-ring (bicyclic) bond motifs is 3. The summed E-state index contributed by atoms with van der Waals surface area (Å²) >= 11 is 0. The van der Waals surface area contributed by atoms with Crippen molar-refractivity contribution in [1.29, 1.82) is 0 Å². The van der Waals surface area contributed by atoms with Crippen LogP contribution in [0.15, 0.2) is 243 Å². The van der Waals surface area contributed by atoms with Gasteiger partial charge in [-0.15, -0.1) is 0 Å². The van der Waals surface area contributed by atoms with E-state index in [9.17, 15) is 0 Å². The largest absolute Gasteiger partial charge is 0.231 e. The molecule has 0 saturated heterocycles. The van der Waals surface area contributed by atoms with Gasteiger partial charge in [-0.1, -0.05) is 200 Å². The first-order valence-corrected chi connectivity index (χ1v) is 20.9. The third-order valence-corrected chi connectivity index (χ3v) is 11.8. The van der Waals surface area contributed by atoms with Crippen LogP contribution in [0.1, 0.15) is 0 Å². The first-order chi connectivity index (χ1) is 30.2. The lowest BCUT2D eigenvalue weighted by Gasteiger charge is -2.17. The maximum absolute atomic E-state index is 5.73. The number of hydrogen-bond donors (Lipinski definition) is 0. The van der Waals surface area contributed by atoms with Crippen LogP contribution >= 0.6 is 0 Å². The predicted molar refractivity (Wildman–Crippen MR) is 256 cm³/mol. The Labute approximate surface area is 356 Å². The lowest BCUT2D eigenvalue weighted by atomic mass is 9.88. The van der Waals surface area contributed by atoms with Gasteiger partial charge < -0.3 is 0 Å². The number of rotatable bonds is 8. The molecule has 2 heterocycles. The summed E-state index contributed by atoms with van der Waals surface area (Å²) in [5, 5.41) is 8.01. The molecule has 0 fully saturated rings. The molecule has 0 bridgehead atoms. The molecule has 0 aliphatic rings. The van der Waals surface area contributed by atoms with Gasteiger partial charge in [0.05, 0.1) is 11.2 Å². The van der Waals surface area contributed by atoms with Crippen molar-refractivity contribution in [2.24, 2.45) is 0 Å². The number of nitrogens with zero attached hydrogens (tertiary/aromatic N) is 2. The van der Waals surface area contributed by atoms with Crippen LogP contribution in [0.4, 0.5) is 0 Å². The Bertz CT molecular complexity index is 3240. The Balaban J connectivity index is 1.31. The van der Waals surface area contributed by atoms with E-state index in [1.54, 1.807) is 0 Å². The van der Waals surface area contributed by atoms with Crippen LogP contribution in [-0.2, 0) is 0 Å². The van der Waals surface area contributed by atoms with Crippen molar-refractivity contribution in [3.05, 3.63) is 243 Å². The van der Waals surface area contributed by atoms with Gasteiger partial charge in [-0.05, 0) is 109 Å². The second-order valence-electron chi connectivity index (χ2n) is 15.6. The lowest BCUT2D eigenvalue weighted by Crippen LogP contribution is -1.97. The van der Waals surface area contributed by atoms with E-state index in [4.69, 9.17) is 5.10 Å². The third-order valence-electron chi connectivity index (χ3n) is 11.8. The Kier molecular flexibility index (Phi) is 9.22. The fourth-order valence-electron chi connectivity index (χ4n) is 8.84. The molecule has 61 heavy (non-hydrogen) atoms. The smallest absolute Gasteiger partial charge is 0.101 e. The summed E-state index contributed by atoms with van der Waals surface area (Å²) in [6.45, 7) is 0. The van der Waals surface area contributed by atoms with Crippen molar-refractivity contribution in [2.45, 2.75) is 0 Å². The van der Waals surface area contributed by atoms with Crippen LogP contribution in [-0.4, -0.2) is 9.61 Å². The van der Waals surface area contributed by atoms with Crippen LogP contribution in [0.3, 0.4) is 0 Å². The molecule has 0 atom stereocenters. The van der Waals surface area contributed by atoms with Crippen LogP contribution in [0.5, 0.6) is 0 Å². The van der Waals surface area contributed by atoms with Gasteiger partial charge in [0.25, 0.3) is 0 Å². The molecule has 286 valence electrons. The predicted octanol–water partition coefficient (Wildman–Crippen LogP) is 15.8. The Morgan fingerprint density at radius 2 is 0.672 bits per heavy atom. The number of pyridine rings is 1. The highest BCUT2D eigenvalue weighted by molar-refractivity contribution is 6.12. The first-order valence-electron chi connectivity index (χ1n) is 20.9. The Morgan fingerprint density at radius 1 is 0.279 bits per heavy atom. The molecule has 0 saturated carbocycles. The van der Waals surface area contributed by atoms with E-state index in [2.05, 4.69) is 247 Å². The Hall–Kier alpha value is -8.07. The molecule has 11 aromatic rings. The van der Waals surface area contributed by atoms with Crippen molar-refractivity contribution in [1.82, 2.24) is 9.61 Å². The quantitative estimate of drug-likeness (QED) is 0.150. The van der Waals surface area contributed by atoms with E-state index in [0.717, 1.165) is 66.6 Å². The highest BCUT2D eigenvalue weighted by Gasteiger charge is 2.24. The van der Waals surface area contributed by atoms with E-state index in [1.165, 1.54) is 38.9 Å². The molecule has 2 nitrogen and oxygen atoms in total. The van der Waals surface area contributed by atoms with E-state index in [0.29, 0.717) is 0 Å². The minimum absolute atomic E-state index is 0.931. The monoisotopic (exact) mass is 776 g/mol. The van der Waals surface area contributed by atoms with Gasteiger partial charge in [0.2, 0.25) is 0 Å². The van der Waals surface area contributed by atoms with Crippen LogP contribution in [0, 0.1) is 0 Å². The summed E-state index contributed by atoms with van der Waals surface area (Å²) in [5.41, 5.74) is 19.1. The standard InChI is InChI=1S/C59H40N2/c1-7-20-41(21-8-1)47-32-19-33-48(34-47)58-57(52-36-49(42-22-9-2-10-23-42)35-50(37-52)43-24-11-3-12-25-43)59-55-40-54(45-28-15-5-16-29-45)53(44-26-13-4-14-27-44)38-51(55)39-56(61(59)60-58)46-30-17-6-18-31-46/h1-40H. The summed E-state index contributed by atoms with van der Waals surface area (Å²) in [5.74, 6) is 0. The zero-order valence-corrected chi connectivity index (χ0v) is 33.5. The summed E-state index contributed by atoms with van der Waals surface area (Å²) in [4.78, 5) is 0. The van der Waals surface area contributed by atoms with E-state index in [1.807, 2.05) is 0 Å². The van der Waals surface area contributed by atoms with Crippen molar-refractivity contribution in [2.75, 3.05) is 0 Å². The summed E-state index contributed by atoms with van der Waals surface area (Å²) in [6, 6.07) is 87.4. The van der Waals surface area contributed by atoms with Gasteiger partial charge in [0, 0.05) is 22.1 Å². The minimum Gasteiger partial charge on any atom is -0.231 e. The number of benzene rings is 9. The van der Waals surface area contributed by atoms with E-state index in [-0.39, 0.29) is 0 Å². The fraction of sp³-hybridized carbons (Fsp3) is 0. The molecule has 0 spiro atoms. The highest BCUT2D eigenvalue weighted by atomic mass is 15.2. The van der Waals surface area contributed by atoms with E-state index < -0.39 is 0 Å². The third kappa shape index (κ3) is 6.80. The SMILES string of the molecule is c1ccc(-c2cccc(-c3nn4c(-c5ccccc5)cc5cc(-c6ccccc6)c(-c6ccccc6)cc5c4c3-c3cc(-c4ccccc4)cc(-c4ccccc4)c3)c2)cc1. The summed E-state index contributed by atoms with van der Waals surface area (Å²) < 4.78 is 2.21. The number of aromatic nitrogens is 2. The lowest BCUT2D eigenvalue weighted by molar-refractivity contribution is 0.980. The zero-order chi connectivity index (χ0) is 40.5. The average molecular weight is 777 g/mol. The minimum atomic E-state index is 0.931. The molecular formula is C59H40N2. The molecule has 2 heteroatoms. The summed E-state index contributed by atoms with van der Waals surface area (Å²) in [6.07, 6.45) is 0. The molecule has 0 N–H and O–H groups in total. The van der Waals surface area contributed by atoms with Crippen LogP contribution < -0.4 is 0 Å². The van der Waals surface area contributed by atoms with Gasteiger partial charge >= 0.3 is 0 Å². The van der Waals surface area contributed by atoms with Crippen molar-refractivity contribution >= 4 is 16.3 Å². The van der Waals surface area contributed by atoms with Crippen molar-refractivity contribution in [3.8, 4) is 89.3 Å². The molecule has 2 aromatic heterocycles. The van der Waals surface area contributed by atoms with Crippen molar-refractivity contribution < 1.29 is 0 Å². The molecule has 0 amide bonds. The molecule has 0 aliphatic heterocycles. The van der Waals surface area contributed by atoms with Gasteiger partial charge in [-0.25, -0.2) is 4.52 Å². The fourth-order valence-corrected chi connectivity index (χ4v) is 8.84. The molecule has 0 aliphatic carbocycles. The van der Waals surface area contributed by atoms with E-state index >= 15 is 0 Å². The van der Waals surface area contributed by atoms with Crippen molar-refractivity contribution in [3.63, 3.8) is 0 Å². The Morgan fingerprint density at radius 3 is 1.20 bits per heavy atom. The van der Waals surface area contributed by atoms with Gasteiger partial charge in [-0.3, -0.25) is 0 Å². The summed E-state index contributed by atoms with van der Waals surface area (Å²) in [7, 11) is 0. The molecular weight excluding hydrogens is 737 g/mol. The van der Waals surface area contributed by atoms with Gasteiger partial charge in [0.1, 0.15) is 5.69 Å². The molecule has 9 aromatic carbocycles.